The zero-order valence-electron chi connectivity index (χ0n) is 12.0. The third-order valence-electron chi connectivity index (χ3n) is 4.75. The monoisotopic (exact) mass is 278 g/mol. The molecule has 0 spiro atoms. The van der Waals surface area contributed by atoms with Gasteiger partial charge in [0.15, 0.2) is 0 Å². The standard InChI is InChI=1S/C16H23FN2O/c1-11-9-13(17)10-14(16(11)20)15(12-3-2-4-12)19-7-5-18-6-8-19/h9-10,12,15,18,20H,2-8H2,1H3/t15-/m1/s1. The Balaban J connectivity index is 1.96. The van der Waals surface area contributed by atoms with Gasteiger partial charge >= 0.3 is 0 Å². The molecule has 1 heterocycles. The van der Waals surface area contributed by atoms with Gasteiger partial charge in [-0.3, -0.25) is 4.90 Å². The fourth-order valence-corrected chi connectivity index (χ4v) is 3.45. The smallest absolute Gasteiger partial charge is 0.124 e. The number of nitrogens with one attached hydrogen (secondary N) is 1. The van der Waals surface area contributed by atoms with Crippen LogP contribution >= 0.6 is 0 Å². The summed E-state index contributed by atoms with van der Waals surface area (Å²) < 4.78 is 13.8. The average molecular weight is 278 g/mol. The minimum absolute atomic E-state index is 0.167. The Morgan fingerprint density at radius 2 is 2.00 bits per heavy atom. The summed E-state index contributed by atoms with van der Waals surface area (Å²) in [7, 11) is 0. The molecule has 0 unspecified atom stereocenters. The van der Waals surface area contributed by atoms with Gasteiger partial charge in [0.1, 0.15) is 11.6 Å². The summed E-state index contributed by atoms with van der Waals surface area (Å²) in [5.41, 5.74) is 1.42. The van der Waals surface area contributed by atoms with Crippen molar-refractivity contribution < 1.29 is 9.50 Å². The van der Waals surface area contributed by atoms with E-state index in [2.05, 4.69) is 10.2 Å². The number of hydrogen-bond donors (Lipinski definition) is 2. The van der Waals surface area contributed by atoms with Gasteiger partial charge in [-0.2, -0.15) is 0 Å². The van der Waals surface area contributed by atoms with Crippen LogP contribution in [0.4, 0.5) is 4.39 Å². The predicted octanol–water partition coefficient (Wildman–Crippen LogP) is 2.59. The highest BCUT2D eigenvalue weighted by Crippen LogP contribution is 2.44. The molecule has 2 N–H and O–H groups in total. The number of nitrogens with zero attached hydrogens (tertiary/aromatic N) is 1. The lowest BCUT2D eigenvalue weighted by Crippen LogP contribution is -2.47. The number of halogens is 1. The van der Waals surface area contributed by atoms with E-state index in [1.54, 1.807) is 6.92 Å². The Morgan fingerprint density at radius 3 is 2.60 bits per heavy atom. The molecule has 1 aliphatic carbocycles. The Hall–Kier alpha value is -1.13. The van der Waals surface area contributed by atoms with Gasteiger partial charge in [-0.1, -0.05) is 6.42 Å². The van der Waals surface area contributed by atoms with E-state index in [0.717, 1.165) is 31.7 Å². The average Bonchev–Trinajstić information content (AvgIpc) is 2.39. The molecular formula is C16H23FN2O. The van der Waals surface area contributed by atoms with Crippen molar-refractivity contribution in [2.45, 2.75) is 32.2 Å². The second-order valence-electron chi connectivity index (χ2n) is 6.08. The first-order valence-electron chi connectivity index (χ1n) is 7.60. The normalized spacial score (nSPS) is 22.5. The van der Waals surface area contributed by atoms with Crippen LogP contribution in [-0.2, 0) is 0 Å². The number of benzene rings is 1. The minimum Gasteiger partial charge on any atom is -0.507 e. The highest BCUT2D eigenvalue weighted by Gasteiger charge is 2.35. The molecule has 3 rings (SSSR count). The highest BCUT2D eigenvalue weighted by atomic mass is 19.1. The molecule has 1 aliphatic heterocycles. The molecule has 1 atom stereocenters. The fraction of sp³-hybridized carbons (Fsp3) is 0.625. The van der Waals surface area contributed by atoms with Crippen molar-refractivity contribution in [3.63, 3.8) is 0 Å². The molecule has 3 nitrogen and oxygen atoms in total. The molecule has 0 amide bonds. The molecule has 0 radical (unpaired) electrons. The van der Waals surface area contributed by atoms with Crippen molar-refractivity contribution in [1.29, 1.82) is 0 Å². The van der Waals surface area contributed by atoms with Crippen LogP contribution < -0.4 is 5.32 Å². The summed E-state index contributed by atoms with van der Waals surface area (Å²) >= 11 is 0. The second-order valence-corrected chi connectivity index (χ2v) is 6.08. The molecule has 20 heavy (non-hydrogen) atoms. The summed E-state index contributed by atoms with van der Waals surface area (Å²) in [5.74, 6) is 0.594. The molecule has 0 bridgehead atoms. The number of rotatable bonds is 3. The van der Waals surface area contributed by atoms with Gasteiger partial charge in [0, 0.05) is 37.8 Å². The molecule has 110 valence electrons. The summed E-state index contributed by atoms with van der Waals surface area (Å²) in [6.07, 6.45) is 3.62. The largest absolute Gasteiger partial charge is 0.507 e. The fourth-order valence-electron chi connectivity index (χ4n) is 3.45. The van der Waals surface area contributed by atoms with Gasteiger partial charge < -0.3 is 10.4 Å². The highest BCUT2D eigenvalue weighted by molar-refractivity contribution is 5.42. The van der Waals surface area contributed by atoms with Crippen molar-refractivity contribution >= 4 is 0 Å². The zero-order valence-corrected chi connectivity index (χ0v) is 12.0. The van der Waals surface area contributed by atoms with Crippen molar-refractivity contribution in [3.05, 3.63) is 29.1 Å². The molecule has 1 saturated heterocycles. The molecule has 1 saturated carbocycles. The van der Waals surface area contributed by atoms with Gasteiger partial charge in [0.05, 0.1) is 0 Å². The van der Waals surface area contributed by atoms with Gasteiger partial charge in [0.25, 0.3) is 0 Å². The molecule has 1 aromatic carbocycles. The molecule has 2 aliphatic rings. The Kier molecular flexibility index (Phi) is 3.94. The third kappa shape index (κ3) is 2.54. The van der Waals surface area contributed by atoms with Crippen LogP contribution in [0.2, 0.25) is 0 Å². The summed E-state index contributed by atoms with van der Waals surface area (Å²) in [6.45, 7) is 5.65. The third-order valence-corrected chi connectivity index (χ3v) is 4.75. The molecule has 0 aromatic heterocycles. The number of phenolic OH excluding ortho intramolecular Hbond substituents is 1. The van der Waals surface area contributed by atoms with E-state index in [9.17, 15) is 9.50 Å². The van der Waals surface area contributed by atoms with E-state index >= 15 is 0 Å². The van der Waals surface area contributed by atoms with Gasteiger partial charge in [-0.25, -0.2) is 4.39 Å². The van der Waals surface area contributed by atoms with E-state index in [-0.39, 0.29) is 17.6 Å². The first kappa shape index (κ1) is 13.8. The van der Waals surface area contributed by atoms with E-state index in [4.69, 9.17) is 0 Å². The van der Waals surface area contributed by atoms with Crippen LogP contribution in [0.25, 0.3) is 0 Å². The van der Waals surface area contributed by atoms with Crippen LogP contribution in [0.1, 0.15) is 36.4 Å². The Bertz CT molecular complexity index is 482. The van der Waals surface area contributed by atoms with Crippen LogP contribution in [-0.4, -0.2) is 36.2 Å². The van der Waals surface area contributed by atoms with Crippen LogP contribution in [0.5, 0.6) is 5.75 Å². The van der Waals surface area contributed by atoms with Crippen molar-refractivity contribution in [3.8, 4) is 5.75 Å². The second kappa shape index (κ2) is 5.70. The Labute approximate surface area is 119 Å². The quantitative estimate of drug-likeness (QED) is 0.892. The topological polar surface area (TPSA) is 35.5 Å². The lowest BCUT2D eigenvalue weighted by atomic mass is 9.75. The van der Waals surface area contributed by atoms with Gasteiger partial charge in [-0.15, -0.1) is 0 Å². The molecule has 4 heteroatoms. The molecule has 1 aromatic rings. The van der Waals surface area contributed by atoms with Crippen LogP contribution in [0.3, 0.4) is 0 Å². The van der Waals surface area contributed by atoms with E-state index in [1.165, 1.54) is 31.4 Å². The SMILES string of the molecule is Cc1cc(F)cc([C@@H](C2CCC2)N2CCNCC2)c1O. The lowest BCUT2D eigenvalue weighted by Gasteiger charge is -2.43. The van der Waals surface area contributed by atoms with E-state index < -0.39 is 0 Å². The number of hydrogen-bond acceptors (Lipinski definition) is 3. The first-order valence-corrected chi connectivity index (χ1v) is 7.60. The van der Waals surface area contributed by atoms with Crippen molar-refractivity contribution in [2.75, 3.05) is 26.2 Å². The van der Waals surface area contributed by atoms with Gasteiger partial charge in [-0.05, 0) is 43.4 Å². The lowest BCUT2D eigenvalue weighted by molar-refractivity contribution is 0.0816. The van der Waals surface area contributed by atoms with Crippen molar-refractivity contribution in [1.82, 2.24) is 10.2 Å². The maximum absolute atomic E-state index is 13.8. The van der Waals surface area contributed by atoms with Gasteiger partial charge in [0.2, 0.25) is 0 Å². The summed E-state index contributed by atoms with van der Waals surface area (Å²) in [6, 6.07) is 3.11. The number of piperazine rings is 1. The Morgan fingerprint density at radius 1 is 1.30 bits per heavy atom. The zero-order chi connectivity index (χ0) is 14.1. The maximum Gasteiger partial charge on any atom is 0.124 e. The first-order chi connectivity index (χ1) is 9.66. The van der Waals surface area contributed by atoms with E-state index in [1.807, 2.05) is 0 Å². The molecular weight excluding hydrogens is 255 g/mol. The summed E-state index contributed by atoms with van der Waals surface area (Å²) in [4.78, 5) is 2.41. The molecule has 2 fully saturated rings. The minimum atomic E-state index is -0.241. The van der Waals surface area contributed by atoms with Crippen molar-refractivity contribution in [2.24, 2.45) is 5.92 Å². The number of aromatic hydroxyl groups is 1. The predicted molar refractivity (Wildman–Crippen MR) is 77.3 cm³/mol. The summed E-state index contributed by atoms with van der Waals surface area (Å²) in [5, 5.41) is 13.7. The van der Waals surface area contributed by atoms with Crippen LogP contribution in [0.15, 0.2) is 12.1 Å². The number of aryl methyl sites for hydroxylation is 1. The van der Waals surface area contributed by atoms with E-state index in [0.29, 0.717) is 11.5 Å². The maximum atomic E-state index is 13.8. The number of phenols is 1. The van der Waals surface area contributed by atoms with Crippen LogP contribution in [0, 0.1) is 18.7 Å².